The van der Waals surface area contributed by atoms with E-state index >= 15 is 0 Å². The van der Waals surface area contributed by atoms with Gasteiger partial charge in [-0.1, -0.05) is 0 Å². The average molecular weight is 494 g/mol. The zero-order chi connectivity index (χ0) is 18.6. The van der Waals surface area contributed by atoms with E-state index in [0.717, 1.165) is 0 Å². The number of hydrogen-bond acceptors (Lipinski definition) is 0. The first-order chi connectivity index (χ1) is 11.8. The Morgan fingerprint density at radius 3 is 1.96 bits per heavy atom. The van der Waals surface area contributed by atoms with E-state index in [-0.39, 0.29) is 37.2 Å². The molecule has 0 aliphatic heterocycles. The first-order valence-corrected chi connectivity index (χ1v) is 13.6. The van der Waals surface area contributed by atoms with E-state index in [1.165, 1.54) is 61.3 Å². The van der Waals surface area contributed by atoms with E-state index in [9.17, 15) is 0 Å². The maximum atomic E-state index is 2.66. The largest absolute Gasteiger partial charge is 1.00 e. The molecule has 0 fully saturated rings. The number of halogens is 3. The van der Waals surface area contributed by atoms with Crippen molar-refractivity contribution in [2.75, 3.05) is 0 Å². The molecule has 2 rings (SSSR count). The first kappa shape index (κ1) is 30.7. The van der Waals surface area contributed by atoms with Crippen LogP contribution >= 0.6 is 0 Å². The molecule has 0 saturated heterocycles. The number of unbranched alkanes of at least 4 members (excludes halogenated alkanes) is 2. The van der Waals surface area contributed by atoms with Crippen LogP contribution in [-0.2, 0) is 20.4 Å². The van der Waals surface area contributed by atoms with Crippen LogP contribution in [0.1, 0.15) is 69.1 Å². The molecule has 1 unspecified atom stereocenters. The molecule has 0 amide bonds. The van der Waals surface area contributed by atoms with Crippen molar-refractivity contribution in [3.8, 4) is 0 Å². The zero-order valence-corrected chi connectivity index (χ0v) is 23.1. The summed E-state index contributed by atoms with van der Waals surface area (Å²) in [5, 5.41) is 3.50. The fraction of sp³-hybridized carbons (Fsp3) is 0.565. The Morgan fingerprint density at radius 2 is 1.46 bits per heavy atom. The van der Waals surface area contributed by atoms with Crippen molar-refractivity contribution in [2.45, 2.75) is 85.7 Å². The molecule has 0 aromatic heterocycles. The predicted octanol–water partition coefficient (Wildman–Crippen LogP) is -2.43. The number of hydrogen-bond donors (Lipinski definition) is 0. The van der Waals surface area contributed by atoms with E-state index in [1.807, 2.05) is 0 Å². The van der Waals surface area contributed by atoms with Gasteiger partial charge in [0.15, 0.2) is 0 Å². The Labute approximate surface area is 205 Å². The first-order valence-electron chi connectivity index (χ1n) is 10.1. The van der Waals surface area contributed by atoms with Crippen LogP contribution in [0.2, 0.25) is 12.6 Å². The van der Waals surface area contributed by atoms with Gasteiger partial charge in [0, 0.05) is 0 Å². The van der Waals surface area contributed by atoms with Crippen LogP contribution in [0, 0.1) is 20.8 Å². The molecule has 156 valence electrons. The Bertz CT molecular complexity index is 674. The maximum absolute atomic E-state index is 2.66. The van der Waals surface area contributed by atoms with Crippen LogP contribution in [0.3, 0.4) is 0 Å². The van der Waals surface area contributed by atoms with Crippen LogP contribution in [0.4, 0.5) is 0 Å². The van der Waals surface area contributed by atoms with Crippen molar-refractivity contribution in [1.29, 1.82) is 0 Å². The average Bonchev–Trinajstić information content (AvgIpc) is 2.91. The van der Waals surface area contributed by atoms with Crippen molar-refractivity contribution >= 4 is 13.3 Å². The Hall–Kier alpha value is 0.501. The Morgan fingerprint density at radius 1 is 0.929 bits per heavy atom. The minimum absolute atomic E-state index is 0. The molecule has 0 saturated carbocycles. The van der Waals surface area contributed by atoms with Gasteiger partial charge >= 0.3 is 169 Å². The molecule has 0 heterocycles. The Balaban J connectivity index is 0. The summed E-state index contributed by atoms with van der Waals surface area (Å²) in [7, 11) is -1.68. The molecule has 5 heteroatoms. The summed E-state index contributed by atoms with van der Waals surface area (Å²) in [5.74, 6) is 0. The minimum atomic E-state index is -1.68. The van der Waals surface area contributed by atoms with Gasteiger partial charge in [-0.25, -0.2) is 0 Å². The summed E-state index contributed by atoms with van der Waals surface area (Å²) in [5.41, 5.74) is 6.20. The quantitative estimate of drug-likeness (QED) is 0.354. The number of allylic oxidation sites excluding steroid dienone is 4. The molecule has 1 aromatic carbocycles. The number of aryl methyl sites for hydroxylation is 3. The molecule has 0 spiro atoms. The van der Waals surface area contributed by atoms with E-state index in [0.29, 0.717) is 0 Å². The summed E-state index contributed by atoms with van der Waals surface area (Å²) in [6.45, 7) is 14.3. The van der Waals surface area contributed by atoms with Crippen LogP contribution in [0.5, 0.6) is 0 Å². The summed E-state index contributed by atoms with van der Waals surface area (Å²) in [4.78, 5) is 0. The smallest absolute Gasteiger partial charge is 1.00 e. The fourth-order valence-corrected chi connectivity index (χ4v) is 10.8. The number of benzene rings is 1. The SMILES string of the molecule is CCCCC1=[C]([Ti+3])CC=C1[Si](C)(CCCC)c1c(C)cc(C)cc1C.[Cl-].[Cl-].[Cl-]. The van der Waals surface area contributed by atoms with Crippen LogP contribution in [0.15, 0.2) is 32.9 Å². The molecule has 0 nitrogen and oxygen atoms in total. The molecule has 28 heavy (non-hydrogen) atoms. The zero-order valence-electron chi connectivity index (χ0n) is 18.3. The summed E-state index contributed by atoms with van der Waals surface area (Å²) >= 11 is 2.37. The third kappa shape index (κ3) is 6.76. The van der Waals surface area contributed by atoms with Crippen molar-refractivity contribution < 1.29 is 57.7 Å². The third-order valence-corrected chi connectivity index (χ3v) is 11.6. The molecular weight excluding hydrogens is 459 g/mol. The van der Waals surface area contributed by atoms with E-state index in [1.54, 1.807) is 19.8 Å². The maximum Gasteiger partial charge on any atom is -1.00 e. The van der Waals surface area contributed by atoms with Gasteiger partial charge in [-0.05, 0) is 0 Å². The van der Waals surface area contributed by atoms with Crippen molar-refractivity contribution in [3.63, 3.8) is 0 Å². The summed E-state index contributed by atoms with van der Waals surface area (Å²) in [6.07, 6.45) is 10.4. The molecule has 1 aromatic rings. The van der Waals surface area contributed by atoms with Gasteiger partial charge < -0.3 is 37.2 Å². The van der Waals surface area contributed by atoms with Gasteiger partial charge in [-0.15, -0.1) is 0 Å². The molecule has 0 bridgehead atoms. The van der Waals surface area contributed by atoms with Crippen molar-refractivity contribution in [1.82, 2.24) is 0 Å². The standard InChI is InChI=1S/C23H35Si.3ClH.Ti/c1-7-9-12-21-13-11-14-22(21)24(6,15-10-8-2)23-19(4)16-18(3)17-20(23)5;;;;/h14,16-17H,7-12,15H2,1-6H3;3*1H;/q;;;;+3/p-3. The molecule has 0 N–H and O–H groups in total. The summed E-state index contributed by atoms with van der Waals surface area (Å²) in [6, 6.07) is 6.22. The second-order valence-electron chi connectivity index (χ2n) is 8.09. The predicted molar refractivity (Wildman–Crippen MR) is 111 cm³/mol. The topological polar surface area (TPSA) is 0 Å². The molecular formula is C23H35Cl3SiTi. The number of rotatable bonds is 8. The van der Waals surface area contributed by atoms with Crippen LogP contribution < -0.4 is 42.4 Å². The molecule has 0 radical (unpaired) electrons. The monoisotopic (exact) mass is 492 g/mol. The van der Waals surface area contributed by atoms with Gasteiger partial charge in [0.2, 0.25) is 0 Å². The second kappa shape index (κ2) is 13.7. The van der Waals surface area contributed by atoms with Gasteiger partial charge in [0.1, 0.15) is 0 Å². The second-order valence-corrected chi connectivity index (χ2v) is 13.2. The van der Waals surface area contributed by atoms with Crippen molar-refractivity contribution in [2.24, 2.45) is 0 Å². The van der Waals surface area contributed by atoms with Gasteiger partial charge in [0.05, 0.1) is 0 Å². The van der Waals surface area contributed by atoms with E-state index in [4.69, 9.17) is 0 Å². The van der Waals surface area contributed by atoms with Gasteiger partial charge in [-0.2, -0.15) is 0 Å². The molecule has 1 atom stereocenters. The normalized spacial score (nSPS) is 15.2. The van der Waals surface area contributed by atoms with E-state index < -0.39 is 8.07 Å². The molecule has 1 aliphatic carbocycles. The van der Waals surface area contributed by atoms with Crippen LogP contribution in [-0.4, -0.2) is 8.07 Å². The Kier molecular flexibility index (Phi) is 15.1. The van der Waals surface area contributed by atoms with Gasteiger partial charge in [0.25, 0.3) is 0 Å². The van der Waals surface area contributed by atoms with Crippen LogP contribution in [0.25, 0.3) is 0 Å². The van der Waals surface area contributed by atoms with Gasteiger partial charge in [-0.3, -0.25) is 0 Å². The van der Waals surface area contributed by atoms with E-state index in [2.05, 4.69) is 79.8 Å². The minimum Gasteiger partial charge on any atom is -1.00 e. The fourth-order valence-electron chi connectivity index (χ4n) is 4.79. The molecule has 1 aliphatic rings. The summed E-state index contributed by atoms with van der Waals surface area (Å²) < 4.78 is 1.64. The van der Waals surface area contributed by atoms with Crippen molar-refractivity contribution in [3.05, 3.63) is 49.5 Å². The third-order valence-electron chi connectivity index (χ3n) is 5.83.